The number of aliphatic imine (C=N–C) groups is 1. The molecule has 2 N–H and O–H groups in total. The number of benzene rings is 2. The maximum Gasteiger partial charge on any atom is 0.387 e. The average Bonchev–Trinajstić information content (AvgIpc) is 2.58. The fourth-order valence-corrected chi connectivity index (χ4v) is 2.28. The van der Waals surface area contributed by atoms with E-state index in [1.54, 1.807) is 37.4 Å². The normalized spacial score (nSPS) is 11.1. The van der Waals surface area contributed by atoms with Crippen LogP contribution in [0.15, 0.2) is 47.5 Å². The van der Waals surface area contributed by atoms with E-state index in [9.17, 15) is 13.2 Å². The summed E-state index contributed by atoms with van der Waals surface area (Å²) in [5, 5.41) is 5.99. The molecule has 0 bridgehead atoms. The van der Waals surface area contributed by atoms with E-state index in [2.05, 4.69) is 20.4 Å². The van der Waals surface area contributed by atoms with E-state index in [1.165, 1.54) is 12.1 Å². The summed E-state index contributed by atoms with van der Waals surface area (Å²) in [6.07, 6.45) is 0. The zero-order chi connectivity index (χ0) is 18.2. The van der Waals surface area contributed by atoms with Gasteiger partial charge in [0, 0.05) is 31.3 Å². The standard InChI is InChI=1S/C18H20F3N3O.HI/c1-12-7-8-16(25-17(20)21)14(9-12)11-24-18(22-2)23-10-13-5-3-4-6-15(13)19;/h3-9,17H,10-11H2,1-2H3,(H2,22,23,24);1H. The number of nitrogens with one attached hydrogen (secondary N) is 2. The fraction of sp³-hybridized carbons (Fsp3) is 0.278. The van der Waals surface area contributed by atoms with Crippen LogP contribution in [-0.2, 0) is 13.1 Å². The molecular weight excluding hydrogens is 458 g/mol. The summed E-state index contributed by atoms with van der Waals surface area (Å²) in [5.74, 6) is 0.224. The first-order valence-electron chi connectivity index (χ1n) is 7.72. The second kappa shape index (κ2) is 10.9. The van der Waals surface area contributed by atoms with Crippen LogP contribution in [0.3, 0.4) is 0 Å². The van der Waals surface area contributed by atoms with E-state index >= 15 is 0 Å². The zero-order valence-corrected chi connectivity index (χ0v) is 16.8. The summed E-state index contributed by atoms with van der Waals surface area (Å²) >= 11 is 0. The van der Waals surface area contributed by atoms with Crippen LogP contribution in [-0.4, -0.2) is 19.6 Å². The SMILES string of the molecule is CN=C(NCc1ccccc1F)NCc1cc(C)ccc1OC(F)F.I. The summed E-state index contributed by atoms with van der Waals surface area (Å²) in [5.41, 5.74) is 2.00. The lowest BCUT2D eigenvalue weighted by Crippen LogP contribution is -2.36. The number of hydrogen-bond donors (Lipinski definition) is 2. The van der Waals surface area contributed by atoms with Crippen molar-refractivity contribution in [2.45, 2.75) is 26.6 Å². The van der Waals surface area contributed by atoms with Gasteiger partial charge in [-0.1, -0.05) is 35.9 Å². The molecule has 0 aromatic heterocycles. The zero-order valence-electron chi connectivity index (χ0n) is 14.4. The third-order valence-corrected chi connectivity index (χ3v) is 3.51. The predicted octanol–water partition coefficient (Wildman–Crippen LogP) is 4.22. The minimum atomic E-state index is -2.89. The molecule has 0 spiro atoms. The van der Waals surface area contributed by atoms with Crippen LogP contribution >= 0.6 is 24.0 Å². The Kier molecular flexibility index (Phi) is 9.25. The van der Waals surface area contributed by atoms with Crippen LogP contribution in [0.1, 0.15) is 16.7 Å². The quantitative estimate of drug-likeness (QED) is 0.371. The monoisotopic (exact) mass is 479 g/mol. The van der Waals surface area contributed by atoms with Crippen LogP contribution in [0.5, 0.6) is 5.75 Å². The Hall–Kier alpha value is -1.97. The number of hydrogen-bond acceptors (Lipinski definition) is 2. The second-order valence-corrected chi connectivity index (χ2v) is 5.36. The molecule has 2 rings (SSSR count). The van der Waals surface area contributed by atoms with Gasteiger partial charge in [0.05, 0.1) is 0 Å². The Labute approximate surface area is 167 Å². The molecule has 4 nitrogen and oxygen atoms in total. The molecule has 0 heterocycles. The lowest BCUT2D eigenvalue weighted by Gasteiger charge is -2.15. The lowest BCUT2D eigenvalue weighted by atomic mass is 10.1. The molecule has 26 heavy (non-hydrogen) atoms. The van der Waals surface area contributed by atoms with Crippen LogP contribution in [0.2, 0.25) is 0 Å². The van der Waals surface area contributed by atoms with Gasteiger partial charge in [-0.15, -0.1) is 24.0 Å². The van der Waals surface area contributed by atoms with Gasteiger partial charge in [0.25, 0.3) is 0 Å². The Morgan fingerprint density at radius 2 is 1.73 bits per heavy atom. The minimum absolute atomic E-state index is 0. The molecule has 142 valence electrons. The van der Waals surface area contributed by atoms with E-state index in [4.69, 9.17) is 0 Å². The van der Waals surface area contributed by atoms with Gasteiger partial charge >= 0.3 is 6.61 Å². The van der Waals surface area contributed by atoms with Crippen molar-refractivity contribution < 1.29 is 17.9 Å². The molecule has 0 fully saturated rings. The van der Waals surface area contributed by atoms with Crippen molar-refractivity contribution in [3.63, 3.8) is 0 Å². The average molecular weight is 479 g/mol. The number of guanidine groups is 1. The number of ether oxygens (including phenoxy) is 1. The molecule has 0 atom stereocenters. The van der Waals surface area contributed by atoms with Crippen molar-refractivity contribution in [1.29, 1.82) is 0 Å². The van der Waals surface area contributed by atoms with Gasteiger partial charge in [-0.2, -0.15) is 8.78 Å². The van der Waals surface area contributed by atoms with Gasteiger partial charge in [-0.05, 0) is 19.1 Å². The largest absolute Gasteiger partial charge is 0.434 e. The van der Waals surface area contributed by atoms with Gasteiger partial charge in [0.2, 0.25) is 0 Å². The lowest BCUT2D eigenvalue weighted by molar-refractivity contribution is -0.0504. The van der Waals surface area contributed by atoms with Crippen molar-refractivity contribution >= 4 is 29.9 Å². The first-order chi connectivity index (χ1) is 12.0. The Morgan fingerprint density at radius 1 is 1.08 bits per heavy atom. The van der Waals surface area contributed by atoms with Crippen molar-refractivity contribution in [2.24, 2.45) is 4.99 Å². The number of halogens is 4. The number of nitrogens with zero attached hydrogens (tertiary/aromatic N) is 1. The third-order valence-electron chi connectivity index (χ3n) is 3.51. The Bertz CT molecular complexity index is 741. The molecule has 2 aromatic rings. The minimum Gasteiger partial charge on any atom is -0.434 e. The highest BCUT2D eigenvalue weighted by Crippen LogP contribution is 2.21. The summed E-state index contributed by atoms with van der Waals surface area (Å²) in [6.45, 7) is -0.540. The van der Waals surface area contributed by atoms with E-state index in [0.717, 1.165) is 5.56 Å². The Morgan fingerprint density at radius 3 is 2.35 bits per heavy atom. The second-order valence-electron chi connectivity index (χ2n) is 5.36. The van der Waals surface area contributed by atoms with Crippen LogP contribution in [0.4, 0.5) is 13.2 Å². The van der Waals surface area contributed by atoms with E-state index < -0.39 is 6.61 Å². The highest BCUT2D eigenvalue weighted by Gasteiger charge is 2.10. The molecule has 0 unspecified atom stereocenters. The van der Waals surface area contributed by atoms with Gasteiger partial charge in [0.1, 0.15) is 11.6 Å². The number of rotatable bonds is 6. The number of alkyl halides is 2. The van der Waals surface area contributed by atoms with E-state index in [-0.39, 0.29) is 48.6 Å². The summed E-state index contributed by atoms with van der Waals surface area (Å²) < 4.78 is 43.2. The van der Waals surface area contributed by atoms with Gasteiger partial charge in [0.15, 0.2) is 5.96 Å². The van der Waals surface area contributed by atoms with Crippen molar-refractivity contribution in [1.82, 2.24) is 10.6 Å². The Balaban J connectivity index is 0.00000338. The fourth-order valence-electron chi connectivity index (χ4n) is 2.28. The molecule has 8 heteroatoms. The summed E-state index contributed by atoms with van der Waals surface area (Å²) in [7, 11) is 1.57. The van der Waals surface area contributed by atoms with E-state index in [1.807, 2.05) is 6.92 Å². The molecule has 0 aliphatic heterocycles. The molecule has 0 saturated heterocycles. The van der Waals surface area contributed by atoms with Crippen molar-refractivity contribution in [2.75, 3.05) is 7.05 Å². The molecule has 0 radical (unpaired) electrons. The number of aryl methyl sites for hydroxylation is 1. The third kappa shape index (κ3) is 6.74. The molecule has 0 aliphatic rings. The maximum atomic E-state index is 13.6. The first kappa shape index (κ1) is 22.1. The van der Waals surface area contributed by atoms with Gasteiger partial charge in [-0.3, -0.25) is 4.99 Å². The maximum absolute atomic E-state index is 13.6. The smallest absolute Gasteiger partial charge is 0.387 e. The van der Waals surface area contributed by atoms with Gasteiger partial charge in [-0.25, -0.2) is 4.39 Å². The molecule has 2 aromatic carbocycles. The van der Waals surface area contributed by atoms with Crippen LogP contribution in [0.25, 0.3) is 0 Å². The topological polar surface area (TPSA) is 45.7 Å². The summed E-state index contributed by atoms with van der Waals surface area (Å²) in [6, 6.07) is 11.4. The highest BCUT2D eigenvalue weighted by atomic mass is 127. The van der Waals surface area contributed by atoms with Crippen LogP contribution < -0.4 is 15.4 Å². The van der Waals surface area contributed by atoms with Crippen LogP contribution in [0, 0.1) is 12.7 Å². The van der Waals surface area contributed by atoms with Crippen molar-refractivity contribution in [3.05, 3.63) is 65.0 Å². The molecule has 0 saturated carbocycles. The molecule has 0 amide bonds. The first-order valence-corrected chi connectivity index (χ1v) is 7.72. The molecule has 0 aliphatic carbocycles. The van der Waals surface area contributed by atoms with E-state index in [0.29, 0.717) is 17.1 Å². The highest BCUT2D eigenvalue weighted by molar-refractivity contribution is 14.0. The van der Waals surface area contributed by atoms with Crippen molar-refractivity contribution in [3.8, 4) is 5.75 Å². The van der Waals surface area contributed by atoms with Gasteiger partial charge < -0.3 is 15.4 Å². The summed E-state index contributed by atoms with van der Waals surface area (Å²) in [4.78, 5) is 4.04. The molecular formula is C18H21F3IN3O. The predicted molar refractivity (Wildman–Crippen MR) is 107 cm³/mol.